The van der Waals surface area contributed by atoms with E-state index in [1.54, 1.807) is 13.0 Å². The van der Waals surface area contributed by atoms with Gasteiger partial charge in [0.05, 0.1) is 13.0 Å². The first-order valence-corrected chi connectivity index (χ1v) is 7.29. The molecule has 2 rings (SSSR count). The number of hydrogen-bond donors (Lipinski definition) is 1. The second-order valence-electron chi connectivity index (χ2n) is 6.09. The highest BCUT2D eigenvalue weighted by atomic mass is 16.6. The van der Waals surface area contributed by atoms with Crippen molar-refractivity contribution in [3.63, 3.8) is 0 Å². The van der Waals surface area contributed by atoms with E-state index in [-0.39, 0.29) is 18.4 Å². The standard InChI is InChI=1S/C17H21NO4/c1-5-21-16(20)14-10-12-7-6-11(8-13(12)18-14)9-15(19)22-17(2,3)4/h6-8,10,18H,5,9H2,1-4H3. The van der Waals surface area contributed by atoms with Gasteiger partial charge in [-0.1, -0.05) is 12.1 Å². The summed E-state index contributed by atoms with van der Waals surface area (Å²) in [5.74, 6) is -0.656. The van der Waals surface area contributed by atoms with Crippen molar-refractivity contribution in [1.82, 2.24) is 4.98 Å². The zero-order chi connectivity index (χ0) is 16.3. The predicted molar refractivity (Wildman–Crippen MR) is 83.8 cm³/mol. The fraction of sp³-hybridized carbons (Fsp3) is 0.412. The maximum atomic E-state index is 11.9. The number of carbonyl (C=O) groups is 2. The van der Waals surface area contributed by atoms with Crippen LogP contribution in [-0.2, 0) is 20.7 Å². The number of carbonyl (C=O) groups excluding carboxylic acids is 2. The lowest BCUT2D eigenvalue weighted by Crippen LogP contribution is -2.24. The normalized spacial score (nSPS) is 11.5. The Labute approximate surface area is 129 Å². The summed E-state index contributed by atoms with van der Waals surface area (Å²) in [7, 11) is 0. The maximum Gasteiger partial charge on any atom is 0.354 e. The molecule has 1 aromatic carbocycles. The molecule has 0 saturated heterocycles. The Hall–Kier alpha value is -2.30. The van der Waals surface area contributed by atoms with Gasteiger partial charge in [0.25, 0.3) is 0 Å². The Morgan fingerprint density at radius 2 is 1.91 bits per heavy atom. The van der Waals surface area contributed by atoms with Crippen LogP contribution in [0.2, 0.25) is 0 Å². The lowest BCUT2D eigenvalue weighted by atomic mass is 10.1. The first-order valence-electron chi connectivity index (χ1n) is 7.29. The summed E-state index contributed by atoms with van der Waals surface area (Å²) >= 11 is 0. The number of nitrogens with one attached hydrogen (secondary N) is 1. The first kappa shape index (κ1) is 16.1. The van der Waals surface area contributed by atoms with Crippen molar-refractivity contribution in [3.8, 4) is 0 Å². The van der Waals surface area contributed by atoms with E-state index >= 15 is 0 Å². The zero-order valence-electron chi connectivity index (χ0n) is 13.4. The number of H-pyrrole nitrogens is 1. The van der Waals surface area contributed by atoms with Crippen LogP contribution >= 0.6 is 0 Å². The van der Waals surface area contributed by atoms with Crippen molar-refractivity contribution in [1.29, 1.82) is 0 Å². The van der Waals surface area contributed by atoms with E-state index in [2.05, 4.69) is 4.98 Å². The smallest absolute Gasteiger partial charge is 0.354 e. The van der Waals surface area contributed by atoms with E-state index in [0.717, 1.165) is 16.5 Å². The molecule has 0 bridgehead atoms. The van der Waals surface area contributed by atoms with Crippen LogP contribution < -0.4 is 0 Å². The maximum absolute atomic E-state index is 11.9. The van der Waals surface area contributed by atoms with Gasteiger partial charge in [-0.2, -0.15) is 0 Å². The molecule has 0 aliphatic heterocycles. The second-order valence-corrected chi connectivity index (χ2v) is 6.09. The highest BCUT2D eigenvalue weighted by Crippen LogP contribution is 2.19. The fourth-order valence-electron chi connectivity index (χ4n) is 2.15. The third-order valence-electron chi connectivity index (χ3n) is 2.95. The van der Waals surface area contributed by atoms with E-state index < -0.39 is 5.60 Å². The van der Waals surface area contributed by atoms with E-state index in [9.17, 15) is 9.59 Å². The summed E-state index contributed by atoms with van der Waals surface area (Å²) in [5, 5.41) is 0.899. The molecule has 22 heavy (non-hydrogen) atoms. The van der Waals surface area contributed by atoms with E-state index in [1.807, 2.05) is 39.0 Å². The lowest BCUT2D eigenvalue weighted by molar-refractivity contribution is -0.153. The summed E-state index contributed by atoms with van der Waals surface area (Å²) in [6.07, 6.45) is 0.195. The minimum Gasteiger partial charge on any atom is -0.461 e. The van der Waals surface area contributed by atoms with Crippen molar-refractivity contribution in [2.45, 2.75) is 39.7 Å². The monoisotopic (exact) mass is 303 g/mol. The van der Waals surface area contributed by atoms with Crippen molar-refractivity contribution >= 4 is 22.8 Å². The summed E-state index contributed by atoms with van der Waals surface area (Å²) in [4.78, 5) is 26.6. The van der Waals surface area contributed by atoms with Crippen LogP contribution in [0.4, 0.5) is 0 Å². The van der Waals surface area contributed by atoms with Crippen LogP contribution in [0.25, 0.3) is 10.9 Å². The molecule has 0 spiro atoms. The van der Waals surface area contributed by atoms with Crippen LogP contribution in [0.5, 0.6) is 0 Å². The van der Waals surface area contributed by atoms with Gasteiger partial charge >= 0.3 is 11.9 Å². The molecule has 1 N–H and O–H groups in total. The highest BCUT2D eigenvalue weighted by molar-refractivity contribution is 5.95. The van der Waals surface area contributed by atoms with Gasteiger partial charge in [0, 0.05) is 10.9 Å². The zero-order valence-corrected chi connectivity index (χ0v) is 13.4. The van der Waals surface area contributed by atoms with Crippen molar-refractivity contribution in [2.75, 3.05) is 6.61 Å². The molecule has 5 nitrogen and oxygen atoms in total. The third kappa shape index (κ3) is 4.10. The minimum absolute atomic E-state index is 0.195. The molecule has 0 fully saturated rings. The molecule has 0 saturated carbocycles. The molecule has 118 valence electrons. The molecule has 0 amide bonds. The predicted octanol–water partition coefficient (Wildman–Crippen LogP) is 3.23. The first-order chi connectivity index (χ1) is 10.3. The van der Waals surface area contributed by atoms with Gasteiger partial charge in [-0.15, -0.1) is 0 Å². The lowest BCUT2D eigenvalue weighted by Gasteiger charge is -2.19. The molecule has 0 aliphatic rings. The van der Waals surface area contributed by atoms with Gasteiger partial charge in [0.2, 0.25) is 0 Å². The molecular formula is C17H21NO4. The van der Waals surface area contributed by atoms with Crippen molar-refractivity contribution in [2.24, 2.45) is 0 Å². The number of ether oxygens (including phenoxy) is 2. The van der Waals surface area contributed by atoms with Crippen molar-refractivity contribution in [3.05, 3.63) is 35.5 Å². The number of aromatic nitrogens is 1. The summed E-state index contributed by atoms with van der Waals surface area (Å²) in [5.41, 5.74) is 1.54. The molecule has 1 heterocycles. The van der Waals surface area contributed by atoms with Gasteiger partial charge < -0.3 is 14.5 Å². The average Bonchev–Trinajstić information content (AvgIpc) is 2.79. The molecular weight excluding hydrogens is 282 g/mol. The number of benzene rings is 1. The van der Waals surface area contributed by atoms with Gasteiger partial charge in [-0.05, 0) is 45.4 Å². The molecule has 0 aliphatic carbocycles. The third-order valence-corrected chi connectivity index (χ3v) is 2.95. The Bertz CT molecular complexity index is 694. The van der Waals surface area contributed by atoms with E-state index in [0.29, 0.717) is 12.3 Å². The number of esters is 2. The Morgan fingerprint density at radius 3 is 2.55 bits per heavy atom. The number of fused-ring (bicyclic) bond motifs is 1. The quantitative estimate of drug-likeness (QED) is 0.880. The topological polar surface area (TPSA) is 68.4 Å². The Morgan fingerprint density at radius 1 is 1.18 bits per heavy atom. The molecule has 0 unspecified atom stereocenters. The summed E-state index contributed by atoms with van der Waals surface area (Å²) in [6, 6.07) is 7.32. The minimum atomic E-state index is -0.495. The van der Waals surface area contributed by atoms with E-state index in [4.69, 9.17) is 9.47 Å². The van der Waals surface area contributed by atoms with Gasteiger partial charge in [-0.3, -0.25) is 4.79 Å². The summed E-state index contributed by atoms with van der Waals surface area (Å²) in [6.45, 7) is 7.61. The molecule has 2 aromatic rings. The molecule has 0 atom stereocenters. The average molecular weight is 303 g/mol. The van der Waals surface area contributed by atoms with Gasteiger partial charge in [0.15, 0.2) is 0 Å². The molecule has 0 radical (unpaired) electrons. The van der Waals surface area contributed by atoms with Crippen LogP contribution in [0, 0.1) is 0 Å². The highest BCUT2D eigenvalue weighted by Gasteiger charge is 2.17. The second kappa shape index (κ2) is 6.22. The SMILES string of the molecule is CCOC(=O)c1cc2ccc(CC(=O)OC(C)(C)C)cc2[nH]1. The molecule has 5 heteroatoms. The van der Waals surface area contributed by atoms with Crippen LogP contribution in [0.3, 0.4) is 0 Å². The summed E-state index contributed by atoms with van der Waals surface area (Å²) < 4.78 is 10.3. The Kier molecular flexibility index (Phi) is 4.54. The van der Waals surface area contributed by atoms with Gasteiger partial charge in [-0.25, -0.2) is 4.79 Å². The number of rotatable bonds is 4. The van der Waals surface area contributed by atoms with Crippen LogP contribution in [0.1, 0.15) is 43.7 Å². The molecule has 1 aromatic heterocycles. The number of aromatic amines is 1. The number of hydrogen-bond acceptors (Lipinski definition) is 4. The largest absolute Gasteiger partial charge is 0.461 e. The van der Waals surface area contributed by atoms with Crippen LogP contribution in [0.15, 0.2) is 24.3 Å². The van der Waals surface area contributed by atoms with Crippen LogP contribution in [-0.4, -0.2) is 29.1 Å². The van der Waals surface area contributed by atoms with E-state index in [1.165, 1.54) is 0 Å². The fourth-order valence-corrected chi connectivity index (χ4v) is 2.15. The van der Waals surface area contributed by atoms with Gasteiger partial charge in [0.1, 0.15) is 11.3 Å². The Balaban J connectivity index is 2.16. The van der Waals surface area contributed by atoms with Crippen molar-refractivity contribution < 1.29 is 19.1 Å².